The zero-order valence-corrected chi connectivity index (χ0v) is 11.4. The van der Waals surface area contributed by atoms with Crippen molar-refractivity contribution in [2.45, 2.75) is 26.5 Å². The predicted octanol–water partition coefficient (Wildman–Crippen LogP) is 3.42. The van der Waals surface area contributed by atoms with Gasteiger partial charge in [-0.05, 0) is 37.6 Å². The van der Waals surface area contributed by atoms with Crippen molar-refractivity contribution in [1.29, 1.82) is 0 Å². The summed E-state index contributed by atoms with van der Waals surface area (Å²) in [6.45, 7) is 4.08. The molecule has 2 aromatic rings. The van der Waals surface area contributed by atoms with Crippen molar-refractivity contribution in [3.05, 3.63) is 53.2 Å². The smallest absolute Gasteiger partial charge is 0.146 e. The monoisotopic (exact) mass is 263 g/mol. The number of anilines is 1. The van der Waals surface area contributed by atoms with E-state index >= 15 is 0 Å². The average Bonchev–Trinajstić information content (AvgIpc) is 2.74. The summed E-state index contributed by atoms with van der Waals surface area (Å²) in [4.78, 5) is 1.82. The van der Waals surface area contributed by atoms with Crippen LogP contribution in [0, 0.1) is 12.7 Å². The van der Waals surface area contributed by atoms with Gasteiger partial charge in [0.15, 0.2) is 0 Å². The Balaban J connectivity index is 2.20. The zero-order chi connectivity index (χ0) is 14.0. The Bertz CT molecular complexity index is 563. The van der Waals surface area contributed by atoms with Crippen LogP contribution in [0.5, 0.6) is 0 Å². The Kier molecular flexibility index (Phi) is 3.90. The maximum Gasteiger partial charge on any atom is 0.146 e. The van der Waals surface area contributed by atoms with Crippen molar-refractivity contribution in [2.75, 3.05) is 11.9 Å². The summed E-state index contributed by atoms with van der Waals surface area (Å²) in [6, 6.07) is 6.68. The number of aryl methyl sites for hydroxylation is 1. The fraction of sp³-hybridized carbons (Fsp3) is 0.333. The first-order chi connectivity index (χ1) is 8.99. The Morgan fingerprint density at radius 3 is 2.63 bits per heavy atom. The number of nitrogens with zero attached hydrogens (tertiary/aromatic N) is 1. The number of furan rings is 1. The van der Waals surface area contributed by atoms with E-state index in [-0.39, 0.29) is 5.82 Å². The summed E-state index contributed by atoms with van der Waals surface area (Å²) in [6.07, 6.45) is 0.968. The molecule has 0 aliphatic carbocycles. The summed E-state index contributed by atoms with van der Waals surface area (Å²) in [5, 5.41) is 9.43. The van der Waals surface area contributed by atoms with Crippen LogP contribution in [0.25, 0.3) is 0 Å². The normalized spacial score (nSPS) is 12.5. The van der Waals surface area contributed by atoms with Crippen LogP contribution >= 0.6 is 0 Å². The first-order valence-corrected chi connectivity index (χ1v) is 6.20. The van der Waals surface area contributed by atoms with Crippen molar-refractivity contribution in [3.8, 4) is 0 Å². The molecule has 0 unspecified atom stereocenters. The van der Waals surface area contributed by atoms with E-state index in [1.807, 2.05) is 24.9 Å². The van der Waals surface area contributed by atoms with Crippen LogP contribution in [-0.4, -0.2) is 12.2 Å². The van der Waals surface area contributed by atoms with E-state index in [2.05, 4.69) is 0 Å². The van der Waals surface area contributed by atoms with Crippen LogP contribution in [0.3, 0.4) is 0 Å². The molecule has 0 spiro atoms. The Morgan fingerprint density at radius 2 is 2.11 bits per heavy atom. The fourth-order valence-corrected chi connectivity index (χ4v) is 2.01. The zero-order valence-electron chi connectivity index (χ0n) is 11.4. The maximum atomic E-state index is 14.0. The highest BCUT2D eigenvalue weighted by atomic mass is 19.1. The predicted molar refractivity (Wildman–Crippen MR) is 72.6 cm³/mol. The van der Waals surface area contributed by atoms with Gasteiger partial charge in [-0.15, -0.1) is 0 Å². The van der Waals surface area contributed by atoms with Crippen LogP contribution in [-0.2, 0) is 6.54 Å². The first kappa shape index (κ1) is 13.6. The van der Waals surface area contributed by atoms with Gasteiger partial charge in [0.25, 0.3) is 0 Å². The molecule has 0 saturated carbocycles. The minimum Gasteiger partial charge on any atom is -0.469 e. The lowest BCUT2D eigenvalue weighted by molar-refractivity contribution is 0.199. The van der Waals surface area contributed by atoms with Gasteiger partial charge in [0, 0.05) is 19.2 Å². The second kappa shape index (κ2) is 5.45. The second-order valence-electron chi connectivity index (χ2n) is 4.74. The van der Waals surface area contributed by atoms with E-state index in [9.17, 15) is 9.50 Å². The van der Waals surface area contributed by atoms with Gasteiger partial charge in [-0.3, -0.25) is 0 Å². The second-order valence-corrected chi connectivity index (χ2v) is 4.74. The third-order valence-electron chi connectivity index (χ3n) is 3.24. The van der Waals surface area contributed by atoms with Gasteiger partial charge in [0.2, 0.25) is 0 Å². The number of rotatable bonds is 4. The molecule has 19 heavy (non-hydrogen) atoms. The van der Waals surface area contributed by atoms with Gasteiger partial charge >= 0.3 is 0 Å². The van der Waals surface area contributed by atoms with E-state index in [0.29, 0.717) is 17.8 Å². The summed E-state index contributed by atoms with van der Waals surface area (Å²) >= 11 is 0. The van der Waals surface area contributed by atoms with Crippen LogP contribution in [0.15, 0.2) is 34.9 Å². The lowest BCUT2D eigenvalue weighted by atomic mass is 10.1. The molecule has 4 heteroatoms. The number of aliphatic hydroxyl groups excluding tert-OH is 1. The quantitative estimate of drug-likeness (QED) is 0.918. The number of aliphatic hydroxyl groups is 1. The molecule has 1 aromatic heterocycles. The van der Waals surface area contributed by atoms with Gasteiger partial charge < -0.3 is 14.4 Å². The van der Waals surface area contributed by atoms with E-state index in [1.165, 1.54) is 6.07 Å². The van der Waals surface area contributed by atoms with Crippen LogP contribution < -0.4 is 4.90 Å². The molecule has 0 amide bonds. The van der Waals surface area contributed by atoms with Gasteiger partial charge in [-0.25, -0.2) is 4.39 Å². The van der Waals surface area contributed by atoms with Crippen LogP contribution in [0.1, 0.15) is 29.9 Å². The minimum atomic E-state index is -0.662. The minimum absolute atomic E-state index is 0.331. The van der Waals surface area contributed by atoms with Gasteiger partial charge in [0.05, 0.1) is 18.1 Å². The van der Waals surface area contributed by atoms with Crippen molar-refractivity contribution in [2.24, 2.45) is 0 Å². The average molecular weight is 263 g/mol. The van der Waals surface area contributed by atoms with E-state index in [4.69, 9.17) is 4.42 Å². The lowest BCUT2D eigenvalue weighted by Crippen LogP contribution is -2.18. The first-order valence-electron chi connectivity index (χ1n) is 6.20. The van der Waals surface area contributed by atoms with Crippen LogP contribution in [0.2, 0.25) is 0 Å². The van der Waals surface area contributed by atoms with E-state index in [0.717, 1.165) is 11.3 Å². The molecular weight excluding hydrogens is 245 g/mol. The number of hydrogen-bond donors (Lipinski definition) is 1. The standard InChI is InChI=1S/C15H18FNO2/c1-10(18)12-4-5-15(14(16)8-12)17(3)9-13-6-7-19-11(13)2/h4-8,10,18H,9H2,1-3H3/t10-/m1/s1. The summed E-state index contributed by atoms with van der Waals surface area (Å²) in [5.74, 6) is 0.509. The summed E-state index contributed by atoms with van der Waals surface area (Å²) < 4.78 is 19.2. The summed E-state index contributed by atoms with van der Waals surface area (Å²) in [7, 11) is 1.83. The SMILES string of the molecule is Cc1occc1CN(C)c1ccc([C@@H](C)O)cc1F. The highest BCUT2D eigenvalue weighted by Crippen LogP contribution is 2.24. The van der Waals surface area contributed by atoms with Gasteiger partial charge in [-0.1, -0.05) is 6.07 Å². The molecule has 0 aliphatic heterocycles. The van der Waals surface area contributed by atoms with Crippen molar-refractivity contribution < 1.29 is 13.9 Å². The molecule has 1 heterocycles. The third-order valence-corrected chi connectivity index (χ3v) is 3.24. The number of benzene rings is 1. The molecule has 2 rings (SSSR count). The molecule has 1 N–H and O–H groups in total. The van der Waals surface area contributed by atoms with Crippen LogP contribution in [0.4, 0.5) is 10.1 Å². The van der Waals surface area contributed by atoms with E-state index < -0.39 is 6.10 Å². The Labute approximate surface area is 112 Å². The molecule has 1 aromatic carbocycles. The molecule has 0 bridgehead atoms. The highest BCUT2D eigenvalue weighted by Gasteiger charge is 2.12. The van der Waals surface area contributed by atoms with Crippen molar-refractivity contribution >= 4 is 5.69 Å². The van der Waals surface area contributed by atoms with E-state index in [1.54, 1.807) is 25.3 Å². The molecule has 1 atom stereocenters. The van der Waals surface area contributed by atoms with Crippen molar-refractivity contribution in [1.82, 2.24) is 0 Å². The number of hydrogen-bond acceptors (Lipinski definition) is 3. The molecule has 0 saturated heterocycles. The lowest BCUT2D eigenvalue weighted by Gasteiger charge is -2.20. The largest absolute Gasteiger partial charge is 0.469 e. The molecule has 0 aliphatic rings. The Morgan fingerprint density at radius 1 is 1.37 bits per heavy atom. The molecule has 3 nitrogen and oxygen atoms in total. The van der Waals surface area contributed by atoms with Gasteiger partial charge in [-0.2, -0.15) is 0 Å². The molecule has 0 radical (unpaired) electrons. The summed E-state index contributed by atoms with van der Waals surface area (Å²) in [5.41, 5.74) is 2.11. The highest BCUT2D eigenvalue weighted by molar-refractivity contribution is 5.49. The molecule has 102 valence electrons. The number of halogens is 1. The van der Waals surface area contributed by atoms with Gasteiger partial charge in [0.1, 0.15) is 11.6 Å². The Hall–Kier alpha value is -1.81. The maximum absolute atomic E-state index is 14.0. The van der Waals surface area contributed by atoms with Crippen molar-refractivity contribution in [3.63, 3.8) is 0 Å². The molecule has 0 fully saturated rings. The topological polar surface area (TPSA) is 36.6 Å². The molecular formula is C15H18FNO2. The fourth-order valence-electron chi connectivity index (χ4n) is 2.01. The third kappa shape index (κ3) is 2.96.